The molecule has 2 aromatic carbocycles. The number of anilines is 2. The fourth-order valence-electron chi connectivity index (χ4n) is 3.05. The molecule has 1 amide bonds. The Labute approximate surface area is 137 Å². The molecule has 0 saturated carbocycles. The van der Waals surface area contributed by atoms with Crippen LogP contribution in [0, 0.1) is 13.8 Å². The van der Waals surface area contributed by atoms with Gasteiger partial charge in [-0.3, -0.25) is 4.79 Å². The fraction of sp³-hybridized carbons (Fsp3) is 0.316. The van der Waals surface area contributed by atoms with Crippen LogP contribution in [-0.2, 0) is 0 Å². The maximum Gasteiger partial charge on any atom is 0.254 e. The number of carbonyl (C=O) groups excluding carboxylic acids is 1. The molecule has 0 spiro atoms. The zero-order valence-corrected chi connectivity index (χ0v) is 13.7. The third kappa shape index (κ3) is 3.16. The number of aryl methyl sites for hydroxylation is 1. The number of nitrogen functional groups attached to an aromatic ring is 1. The Kier molecular flexibility index (Phi) is 4.24. The van der Waals surface area contributed by atoms with E-state index in [2.05, 4.69) is 36.1 Å². The Morgan fingerprint density at radius 1 is 1.00 bits per heavy atom. The van der Waals surface area contributed by atoms with E-state index in [0.29, 0.717) is 11.3 Å². The van der Waals surface area contributed by atoms with Gasteiger partial charge in [-0.25, -0.2) is 0 Å². The van der Waals surface area contributed by atoms with Crippen molar-refractivity contribution < 1.29 is 4.79 Å². The van der Waals surface area contributed by atoms with Gasteiger partial charge in [0, 0.05) is 43.1 Å². The highest BCUT2D eigenvalue weighted by atomic mass is 16.2. The van der Waals surface area contributed by atoms with Crippen LogP contribution in [0.1, 0.15) is 21.5 Å². The van der Waals surface area contributed by atoms with Crippen LogP contribution in [0.4, 0.5) is 11.4 Å². The second-order valence-corrected chi connectivity index (χ2v) is 6.14. The highest BCUT2D eigenvalue weighted by Crippen LogP contribution is 2.21. The van der Waals surface area contributed by atoms with E-state index >= 15 is 0 Å². The monoisotopic (exact) mass is 309 g/mol. The number of benzene rings is 2. The zero-order chi connectivity index (χ0) is 16.4. The zero-order valence-electron chi connectivity index (χ0n) is 13.7. The van der Waals surface area contributed by atoms with Gasteiger partial charge >= 0.3 is 0 Å². The number of piperazine rings is 1. The summed E-state index contributed by atoms with van der Waals surface area (Å²) in [6.07, 6.45) is 0. The molecular weight excluding hydrogens is 286 g/mol. The summed E-state index contributed by atoms with van der Waals surface area (Å²) in [6.45, 7) is 7.20. The first-order chi connectivity index (χ1) is 11.1. The molecule has 0 bridgehead atoms. The molecule has 1 saturated heterocycles. The molecule has 0 aliphatic carbocycles. The Morgan fingerprint density at radius 2 is 1.70 bits per heavy atom. The van der Waals surface area contributed by atoms with Crippen molar-refractivity contribution in [2.45, 2.75) is 13.8 Å². The number of rotatable bonds is 2. The number of hydrogen-bond donors (Lipinski definition) is 1. The molecule has 23 heavy (non-hydrogen) atoms. The summed E-state index contributed by atoms with van der Waals surface area (Å²) >= 11 is 0. The fourth-order valence-corrected chi connectivity index (χ4v) is 3.05. The van der Waals surface area contributed by atoms with Crippen molar-refractivity contribution in [2.24, 2.45) is 0 Å². The van der Waals surface area contributed by atoms with Gasteiger partial charge in [0.1, 0.15) is 0 Å². The van der Waals surface area contributed by atoms with Gasteiger partial charge in [-0.05, 0) is 49.2 Å². The topological polar surface area (TPSA) is 49.6 Å². The van der Waals surface area contributed by atoms with Crippen LogP contribution in [-0.4, -0.2) is 37.0 Å². The first kappa shape index (κ1) is 15.4. The highest BCUT2D eigenvalue weighted by molar-refractivity contribution is 5.97. The first-order valence-electron chi connectivity index (χ1n) is 8.02. The van der Waals surface area contributed by atoms with Gasteiger partial charge < -0.3 is 15.5 Å². The summed E-state index contributed by atoms with van der Waals surface area (Å²) in [7, 11) is 0. The predicted octanol–water partition coefficient (Wildman–Crippen LogP) is 2.85. The second kappa shape index (κ2) is 6.32. The quantitative estimate of drug-likeness (QED) is 0.868. The summed E-state index contributed by atoms with van der Waals surface area (Å²) < 4.78 is 0. The summed E-state index contributed by atoms with van der Waals surface area (Å²) in [6, 6.07) is 14.1. The normalized spacial score (nSPS) is 14.9. The van der Waals surface area contributed by atoms with Gasteiger partial charge in [0.15, 0.2) is 0 Å². The molecule has 0 radical (unpaired) electrons. The van der Waals surface area contributed by atoms with Crippen LogP contribution in [0.25, 0.3) is 0 Å². The van der Waals surface area contributed by atoms with Crippen molar-refractivity contribution in [1.29, 1.82) is 0 Å². The average molecular weight is 309 g/mol. The van der Waals surface area contributed by atoms with E-state index in [0.717, 1.165) is 31.7 Å². The van der Waals surface area contributed by atoms with E-state index in [9.17, 15) is 4.79 Å². The van der Waals surface area contributed by atoms with Crippen LogP contribution < -0.4 is 10.6 Å². The Bertz CT molecular complexity index is 718. The largest absolute Gasteiger partial charge is 0.398 e. The van der Waals surface area contributed by atoms with Crippen molar-refractivity contribution in [3.8, 4) is 0 Å². The van der Waals surface area contributed by atoms with Crippen LogP contribution in [0.2, 0.25) is 0 Å². The van der Waals surface area contributed by atoms with E-state index < -0.39 is 0 Å². The molecule has 3 rings (SSSR count). The van der Waals surface area contributed by atoms with Crippen LogP contribution >= 0.6 is 0 Å². The second-order valence-electron chi connectivity index (χ2n) is 6.14. The van der Waals surface area contributed by atoms with Gasteiger partial charge in [0.25, 0.3) is 5.91 Å². The minimum absolute atomic E-state index is 0.0821. The average Bonchev–Trinajstić information content (AvgIpc) is 2.57. The number of nitrogens with zero attached hydrogens (tertiary/aromatic N) is 2. The lowest BCUT2D eigenvalue weighted by Crippen LogP contribution is -2.49. The van der Waals surface area contributed by atoms with E-state index in [1.165, 1.54) is 11.3 Å². The summed E-state index contributed by atoms with van der Waals surface area (Å²) in [5.74, 6) is 0.0821. The molecule has 1 heterocycles. The SMILES string of the molecule is Cc1cccc(N2CCN(C(=O)c3cccc(N)c3C)CC2)c1. The number of hydrogen-bond acceptors (Lipinski definition) is 3. The lowest BCUT2D eigenvalue weighted by molar-refractivity contribution is 0.0746. The summed E-state index contributed by atoms with van der Waals surface area (Å²) in [5.41, 5.74) is 10.7. The van der Waals surface area contributed by atoms with E-state index in [1.54, 1.807) is 0 Å². The molecule has 4 nitrogen and oxygen atoms in total. The molecule has 1 aliphatic heterocycles. The van der Waals surface area contributed by atoms with Gasteiger partial charge in [-0.2, -0.15) is 0 Å². The van der Waals surface area contributed by atoms with Gasteiger partial charge in [0.2, 0.25) is 0 Å². The van der Waals surface area contributed by atoms with Crippen LogP contribution in [0.3, 0.4) is 0 Å². The Hall–Kier alpha value is -2.49. The van der Waals surface area contributed by atoms with E-state index in [4.69, 9.17) is 5.73 Å². The van der Waals surface area contributed by atoms with Crippen molar-refractivity contribution in [1.82, 2.24) is 4.90 Å². The minimum Gasteiger partial charge on any atom is -0.398 e. The van der Waals surface area contributed by atoms with Crippen LogP contribution in [0.5, 0.6) is 0 Å². The smallest absolute Gasteiger partial charge is 0.254 e. The van der Waals surface area contributed by atoms with Crippen molar-refractivity contribution in [3.63, 3.8) is 0 Å². The number of nitrogens with two attached hydrogens (primary N) is 1. The third-order valence-electron chi connectivity index (χ3n) is 4.54. The molecule has 0 aromatic heterocycles. The van der Waals surface area contributed by atoms with Gasteiger partial charge in [0.05, 0.1) is 0 Å². The van der Waals surface area contributed by atoms with Gasteiger partial charge in [-0.1, -0.05) is 18.2 Å². The Morgan fingerprint density at radius 3 is 2.39 bits per heavy atom. The van der Waals surface area contributed by atoms with Crippen LogP contribution in [0.15, 0.2) is 42.5 Å². The molecular formula is C19H23N3O. The van der Waals surface area contributed by atoms with E-state index in [1.807, 2.05) is 30.0 Å². The minimum atomic E-state index is 0.0821. The maximum absolute atomic E-state index is 12.7. The third-order valence-corrected chi connectivity index (χ3v) is 4.54. The summed E-state index contributed by atoms with van der Waals surface area (Å²) in [4.78, 5) is 17.0. The molecule has 1 aliphatic rings. The lowest BCUT2D eigenvalue weighted by atomic mass is 10.1. The van der Waals surface area contributed by atoms with Crippen molar-refractivity contribution >= 4 is 17.3 Å². The molecule has 1 fully saturated rings. The molecule has 2 N–H and O–H groups in total. The van der Waals surface area contributed by atoms with Crippen molar-refractivity contribution in [3.05, 3.63) is 59.2 Å². The molecule has 0 unspecified atom stereocenters. The molecule has 4 heteroatoms. The molecule has 0 atom stereocenters. The highest BCUT2D eigenvalue weighted by Gasteiger charge is 2.23. The standard InChI is InChI=1S/C19H23N3O/c1-14-5-3-6-16(13-14)21-9-11-22(12-10-21)19(23)17-7-4-8-18(20)15(17)2/h3-8,13H,9-12,20H2,1-2H3. The molecule has 120 valence electrons. The van der Waals surface area contributed by atoms with Gasteiger partial charge in [-0.15, -0.1) is 0 Å². The molecule has 2 aromatic rings. The predicted molar refractivity (Wildman–Crippen MR) is 94.9 cm³/mol. The van der Waals surface area contributed by atoms with E-state index in [-0.39, 0.29) is 5.91 Å². The lowest BCUT2D eigenvalue weighted by Gasteiger charge is -2.36. The maximum atomic E-state index is 12.7. The first-order valence-corrected chi connectivity index (χ1v) is 8.02. The van der Waals surface area contributed by atoms with Crippen molar-refractivity contribution in [2.75, 3.05) is 36.8 Å². The number of amides is 1. The number of carbonyl (C=O) groups is 1. The Balaban J connectivity index is 1.69. The summed E-state index contributed by atoms with van der Waals surface area (Å²) in [5, 5.41) is 0.